The SMILES string of the molecule is C[C@@H](NC(=O)/C=C/C(=O)O)c1ccc(Br)cc1. The zero-order valence-corrected chi connectivity index (χ0v) is 10.8. The second-order valence-corrected chi connectivity index (χ2v) is 4.37. The molecule has 90 valence electrons. The minimum atomic E-state index is -1.14. The number of hydrogen-bond acceptors (Lipinski definition) is 2. The van der Waals surface area contributed by atoms with Crippen molar-refractivity contribution >= 4 is 27.8 Å². The fourth-order valence-electron chi connectivity index (χ4n) is 1.24. The maximum absolute atomic E-state index is 11.3. The van der Waals surface area contributed by atoms with Gasteiger partial charge in [0.05, 0.1) is 6.04 Å². The molecule has 0 aliphatic rings. The van der Waals surface area contributed by atoms with Gasteiger partial charge in [0.25, 0.3) is 0 Å². The smallest absolute Gasteiger partial charge is 0.328 e. The molecule has 4 nitrogen and oxygen atoms in total. The first-order valence-electron chi connectivity index (χ1n) is 4.96. The van der Waals surface area contributed by atoms with E-state index in [0.717, 1.165) is 22.2 Å². The number of nitrogens with one attached hydrogen (secondary N) is 1. The van der Waals surface area contributed by atoms with Crippen molar-refractivity contribution in [3.8, 4) is 0 Å². The van der Waals surface area contributed by atoms with Crippen LogP contribution in [-0.4, -0.2) is 17.0 Å². The number of carbonyl (C=O) groups is 2. The molecule has 0 saturated carbocycles. The molecule has 0 spiro atoms. The molecule has 0 unspecified atom stereocenters. The van der Waals surface area contributed by atoms with Gasteiger partial charge in [-0.3, -0.25) is 4.79 Å². The van der Waals surface area contributed by atoms with Gasteiger partial charge < -0.3 is 10.4 Å². The molecular formula is C12H12BrNO3. The maximum Gasteiger partial charge on any atom is 0.328 e. The van der Waals surface area contributed by atoms with Crippen molar-refractivity contribution < 1.29 is 14.7 Å². The van der Waals surface area contributed by atoms with Gasteiger partial charge in [-0.1, -0.05) is 28.1 Å². The fraction of sp³-hybridized carbons (Fsp3) is 0.167. The standard InChI is InChI=1S/C12H12BrNO3/c1-8(9-2-4-10(13)5-3-9)14-11(15)6-7-12(16)17/h2-8H,1H3,(H,14,15)(H,16,17)/b7-6+/t8-/m1/s1. The molecule has 0 aliphatic carbocycles. The molecule has 17 heavy (non-hydrogen) atoms. The van der Waals surface area contributed by atoms with Gasteiger partial charge in [-0.25, -0.2) is 4.79 Å². The van der Waals surface area contributed by atoms with E-state index in [-0.39, 0.29) is 6.04 Å². The molecule has 0 saturated heterocycles. The summed E-state index contributed by atoms with van der Waals surface area (Å²) in [6.07, 6.45) is 1.81. The number of carboxylic acids is 1. The van der Waals surface area contributed by atoms with E-state index in [0.29, 0.717) is 0 Å². The van der Waals surface area contributed by atoms with Crippen LogP contribution < -0.4 is 5.32 Å². The van der Waals surface area contributed by atoms with Crippen molar-refractivity contribution in [2.45, 2.75) is 13.0 Å². The van der Waals surface area contributed by atoms with Crippen LogP contribution in [0.4, 0.5) is 0 Å². The zero-order valence-electron chi connectivity index (χ0n) is 9.18. The van der Waals surface area contributed by atoms with Gasteiger partial charge in [0.15, 0.2) is 0 Å². The molecule has 1 atom stereocenters. The summed E-state index contributed by atoms with van der Waals surface area (Å²) in [5.74, 6) is -1.57. The number of rotatable bonds is 4. The van der Waals surface area contributed by atoms with E-state index >= 15 is 0 Å². The first-order valence-corrected chi connectivity index (χ1v) is 5.75. The number of halogens is 1. The number of carboxylic acid groups (broad SMARTS) is 1. The summed E-state index contributed by atoms with van der Waals surface area (Å²) >= 11 is 3.32. The van der Waals surface area contributed by atoms with Crippen LogP contribution in [0.3, 0.4) is 0 Å². The van der Waals surface area contributed by atoms with E-state index in [1.165, 1.54) is 0 Å². The second kappa shape index (κ2) is 6.20. The number of aliphatic carboxylic acids is 1. The molecule has 1 amide bonds. The first-order chi connectivity index (χ1) is 7.99. The highest BCUT2D eigenvalue weighted by molar-refractivity contribution is 9.10. The van der Waals surface area contributed by atoms with E-state index in [1.807, 2.05) is 31.2 Å². The van der Waals surface area contributed by atoms with Crippen LogP contribution in [-0.2, 0) is 9.59 Å². The Balaban J connectivity index is 2.60. The highest BCUT2D eigenvalue weighted by Crippen LogP contribution is 2.16. The van der Waals surface area contributed by atoms with E-state index in [1.54, 1.807) is 0 Å². The number of benzene rings is 1. The highest BCUT2D eigenvalue weighted by Gasteiger charge is 2.07. The van der Waals surface area contributed by atoms with Gasteiger partial charge in [-0.05, 0) is 24.6 Å². The Morgan fingerprint density at radius 1 is 1.29 bits per heavy atom. The molecule has 1 aromatic carbocycles. The summed E-state index contributed by atoms with van der Waals surface area (Å²) in [6.45, 7) is 1.83. The van der Waals surface area contributed by atoms with Crippen molar-refractivity contribution in [3.05, 3.63) is 46.5 Å². The summed E-state index contributed by atoms with van der Waals surface area (Å²) in [5, 5.41) is 11.0. The van der Waals surface area contributed by atoms with Crippen molar-refractivity contribution in [2.24, 2.45) is 0 Å². The summed E-state index contributed by atoms with van der Waals surface area (Å²) < 4.78 is 0.963. The Kier molecular flexibility index (Phi) is 4.90. The Labute approximate surface area is 107 Å². The monoisotopic (exact) mass is 297 g/mol. The van der Waals surface area contributed by atoms with Crippen molar-refractivity contribution in [2.75, 3.05) is 0 Å². The maximum atomic E-state index is 11.3. The minimum Gasteiger partial charge on any atom is -0.478 e. The van der Waals surface area contributed by atoms with Gasteiger partial charge in [0.1, 0.15) is 0 Å². The molecule has 0 radical (unpaired) electrons. The summed E-state index contributed by atoms with van der Waals surface area (Å²) in [5.41, 5.74) is 0.949. The van der Waals surface area contributed by atoms with Crippen LogP contribution in [0, 0.1) is 0 Å². The average Bonchev–Trinajstić information content (AvgIpc) is 2.27. The van der Waals surface area contributed by atoms with Gasteiger partial charge in [0.2, 0.25) is 5.91 Å². The molecule has 1 rings (SSSR count). The van der Waals surface area contributed by atoms with E-state index in [4.69, 9.17) is 5.11 Å². The lowest BCUT2D eigenvalue weighted by Crippen LogP contribution is -2.24. The van der Waals surface area contributed by atoms with Crippen LogP contribution in [0.2, 0.25) is 0 Å². The van der Waals surface area contributed by atoms with Crippen LogP contribution in [0.25, 0.3) is 0 Å². The Bertz CT molecular complexity index is 440. The third kappa shape index (κ3) is 4.82. The summed E-state index contributed by atoms with van der Waals surface area (Å²) in [7, 11) is 0. The Morgan fingerprint density at radius 2 is 1.88 bits per heavy atom. The molecule has 2 N–H and O–H groups in total. The van der Waals surface area contributed by atoms with Crippen LogP contribution in [0.15, 0.2) is 40.9 Å². The minimum absolute atomic E-state index is 0.172. The summed E-state index contributed by atoms with van der Waals surface area (Å²) in [6, 6.07) is 7.36. The Hall–Kier alpha value is -1.62. The largest absolute Gasteiger partial charge is 0.478 e. The molecular weight excluding hydrogens is 286 g/mol. The van der Waals surface area contributed by atoms with E-state index in [9.17, 15) is 9.59 Å². The molecule has 0 fully saturated rings. The lowest BCUT2D eigenvalue weighted by atomic mass is 10.1. The van der Waals surface area contributed by atoms with Gasteiger partial charge in [0, 0.05) is 16.6 Å². The van der Waals surface area contributed by atoms with E-state index in [2.05, 4.69) is 21.2 Å². The fourth-order valence-corrected chi connectivity index (χ4v) is 1.51. The number of hydrogen-bond donors (Lipinski definition) is 2. The molecule has 0 heterocycles. The zero-order chi connectivity index (χ0) is 12.8. The molecule has 0 aliphatic heterocycles. The lowest BCUT2D eigenvalue weighted by molar-refractivity contribution is -0.131. The number of carbonyl (C=O) groups excluding carboxylic acids is 1. The molecule has 0 bridgehead atoms. The van der Waals surface area contributed by atoms with Crippen LogP contribution in [0.1, 0.15) is 18.5 Å². The molecule has 1 aromatic rings. The topological polar surface area (TPSA) is 66.4 Å². The normalized spacial score (nSPS) is 12.4. The first kappa shape index (κ1) is 13.4. The van der Waals surface area contributed by atoms with Crippen molar-refractivity contribution in [3.63, 3.8) is 0 Å². The highest BCUT2D eigenvalue weighted by atomic mass is 79.9. The molecule has 0 aromatic heterocycles. The summed E-state index contributed by atoms with van der Waals surface area (Å²) in [4.78, 5) is 21.6. The second-order valence-electron chi connectivity index (χ2n) is 3.45. The quantitative estimate of drug-likeness (QED) is 0.838. The lowest BCUT2D eigenvalue weighted by Gasteiger charge is -2.12. The average molecular weight is 298 g/mol. The van der Waals surface area contributed by atoms with E-state index < -0.39 is 11.9 Å². The van der Waals surface area contributed by atoms with Gasteiger partial charge in [-0.2, -0.15) is 0 Å². The predicted molar refractivity (Wildman–Crippen MR) is 67.5 cm³/mol. The third-order valence-electron chi connectivity index (χ3n) is 2.11. The predicted octanol–water partition coefficient (Wildman–Crippen LogP) is 2.27. The number of amides is 1. The van der Waals surface area contributed by atoms with Crippen LogP contribution >= 0.6 is 15.9 Å². The molecule has 5 heteroatoms. The van der Waals surface area contributed by atoms with Gasteiger partial charge >= 0.3 is 5.97 Å². The van der Waals surface area contributed by atoms with Gasteiger partial charge in [-0.15, -0.1) is 0 Å². The third-order valence-corrected chi connectivity index (χ3v) is 2.63. The van der Waals surface area contributed by atoms with Crippen molar-refractivity contribution in [1.29, 1.82) is 0 Å². The van der Waals surface area contributed by atoms with Crippen LogP contribution in [0.5, 0.6) is 0 Å². The van der Waals surface area contributed by atoms with Crippen molar-refractivity contribution in [1.82, 2.24) is 5.32 Å². The Morgan fingerprint density at radius 3 is 2.41 bits per heavy atom.